The zero-order valence-corrected chi connectivity index (χ0v) is 33.7. The van der Waals surface area contributed by atoms with Crippen molar-refractivity contribution in [3.63, 3.8) is 0 Å². The number of hydrogen-bond donors (Lipinski definition) is 0. The maximum Gasteiger partial charge on any atom is 0.104 e. The van der Waals surface area contributed by atoms with Gasteiger partial charge in [0.1, 0.15) is 6.54 Å². The van der Waals surface area contributed by atoms with E-state index in [1.807, 2.05) is 0 Å². The van der Waals surface area contributed by atoms with Gasteiger partial charge in [-0.25, -0.2) is 0 Å². The molecule has 1 aromatic carbocycles. The molecule has 0 aromatic heterocycles. The highest BCUT2D eigenvalue weighted by atomic mass is 31.2. The molecule has 0 amide bonds. The number of nitrogens with zero attached hydrogens (tertiary/aromatic N) is 1. The van der Waals surface area contributed by atoms with Crippen LogP contribution in [0.2, 0.25) is 0 Å². The molecule has 0 atom stereocenters. The Morgan fingerprint density at radius 1 is 0.370 bits per heavy atom. The van der Waals surface area contributed by atoms with Gasteiger partial charge in [0.05, 0.1) is 44.3 Å². The fraction of sp³-hybridized carbons (Fsp3) is 0.864. The summed E-state index contributed by atoms with van der Waals surface area (Å²) in [5.41, 5.74) is 3.27. The molecule has 0 aliphatic rings. The molecule has 0 radical (unpaired) electrons. The monoisotopic (exact) mass is 660 g/mol. The second kappa shape index (κ2) is 29.5. The summed E-state index contributed by atoms with van der Waals surface area (Å²) in [5, 5.41) is 0. The number of unbranched alkanes of at least 4 members (excludes halogenated alkanes) is 18. The third-order valence-electron chi connectivity index (χ3n) is 11.0. The van der Waals surface area contributed by atoms with E-state index in [0.29, 0.717) is 0 Å². The average Bonchev–Trinajstić information content (AvgIpc) is 3.07. The Balaban J connectivity index is 3.13. The molecule has 0 aliphatic carbocycles. The summed E-state index contributed by atoms with van der Waals surface area (Å²) in [6.07, 6.45) is 40.2. The number of hydrogen-bond acceptors (Lipinski definition) is 0. The van der Waals surface area contributed by atoms with Gasteiger partial charge < -0.3 is 4.48 Å². The minimum absolute atomic E-state index is 0.989. The largest absolute Gasteiger partial charge is 0.320 e. The molecule has 1 rings (SSSR count). The van der Waals surface area contributed by atoms with Crippen molar-refractivity contribution in [3.8, 4) is 0 Å². The van der Waals surface area contributed by atoms with E-state index in [-0.39, 0.29) is 0 Å². The summed E-state index contributed by atoms with van der Waals surface area (Å²) in [7, 11) is -0.989. The first kappa shape index (κ1) is 43.6. The van der Waals surface area contributed by atoms with Crippen LogP contribution in [0, 0.1) is 0 Å². The molecule has 0 fully saturated rings. The number of quaternary nitrogens is 1. The molecule has 0 heterocycles. The standard InChI is InChI=1S/C44H86NP/c1-7-13-19-22-25-28-38-46(39-29-26-23-20-14-8-2,40-30-27-24-21-15-9-3)42-44-33-31-43(32-34-44)41-45(35-16-10-4,36-17-11-5)37-18-12-6/h31-34H,7-30,35-42H2,1-6H3/q+2. The molecule has 0 N–H and O–H groups in total. The molecule has 0 bridgehead atoms. The van der Waals surface area contributed by atoms with Gasteiger partial charge in [0, 0.05) is 12.8 Å². The Hall–Kier alpha value is -0.390. The van der Waals surface area contributed by atoms with Gasteiger partial charge in [-0.2, -0.15) is 0 Å². The molecular formula is C44H86NP+2. The predicted octanol–water partition coefficient (Wildman–Crippen LogP) is 15.0. The van der Waals surface area contributed by atoms with Crippen molar-refractivity contribution in [2.24, 2.45) is 0 Å². The lowest BCUT2D eigenvalue weighted by Gasteiger charge is -2.39. The quantitative estimate of drug-likeness (QED) is 0.0392. The van der Waals surface area contributed by atoms with Crippen LogP contribution in [0.4, 0.5) is 0 Å². The molecule has 1 nitrogen and oxygen atoms in total. The SMILES string of the molecule is CCCCCCCC[P+](CCCCCCCC)(CCCCCCCC)Cc1ccc(C[N+](CCCC)(CCCC)CCCC)cc1. The van der Waals surface area contributed by atoms with Crippen LogP contribution in [-0.4, -0.2) is 42.6 Å². The maximum absolute atomic E-state index is 2.60. The van der Waals surface area contributed by atoms with Gasteiger partial charge in [-0.1, -0.05) is 162 Å². The van der Waals surface area contributed by atoms with Gasteiger partial charge in [-0.15, -0.1) is 0 Å². The number of benzene rings is 1. The van der Waals surface area contributed by atoms with Crippen LogP contribution in [0.25, 0.3) is 0 Å². The first-order chi connectivity index (χ1) is 22.5. The molecule has 0 saturated carbocycles. The zero-order valence-electron chi connectivity index (χ0n) is 32.8. The first-order valence-electron chi connectivity index (χ1n) is 21.3. The van der Waals surface area contributed by atoms with Crippen LogP contribution in [0.15, 0.2) is 24.3 Å². The second-order valence-electron chi connectivity index (χ2n) is 15.5. The highest BCUT2D eigenvalue weighted by Crippen LogP contribution is 2.63. The minimum Gasteiger partial charge on any atom is -0.320 e. The normalized spacial score (nSPS) is 12.3. The number of rotatable bonds is 34. The van der Waals surface area contributed by atoms with Gasteiger partial charge in [-0.05, 0) is 63.4 Å². The van der Waals surface area contributed by atoms with Crippen molar-refractivity contribution >= 4 is 7.26 Å². The molecule has 0 spiro atoms. The van der Waals surface area contributed by atoms with Gasteiger partial charge in [0.25, 0.3) is 0 Å². The lowest BCUT2D eigenvalue weighted by Crippen LogP contribution is -2.49. The highest BCUT2D eigenvalue weighted by Gasteiger charge is 2.36. The van der Waals surface area contributed by atoms with Crippen LogP contribution in [0.5, 0.6) is 0 Å². The smallest absolute Gasteiger partial charge is 0.104 e. The topological polar surface area (TPSA) is 0 Å². The van der Waals surface area contributed by atoms with E-state index in [4.69, 9.17) is 0 Å². The summed E-state index contributed by atoms with van der Waals surface area (Å²) in [5.74, 6) is 0. The van der Waals surface area contributed by atoms with E-state index in [9.17, 15) is 0 Å². The minimum atomic E-state index is -0.989. The summed E-state index contributed by atoms with van der Waals surface area (Å²) in [6, 6.07) is 10.3. The van der Waals surface area contributed by atoms with E-state index in [2.05, 4.69) is 65.8 Å². The van der Waals surface area contributed by atoms with E-state index >= 15 is 0 Å². The molecule has 270 valence electrons. The van der Waals surface area contributed by atoms with E-state index in [1.54, 1.807) is 29.6 Å². The Morgan fingerprint density at radius 3 is 1.02 bits per heavy atom. The first-order valence-corrected chi connectivity index (χ1v) is 23.8. The fourth-order valence-corrected chi connectivity index (χ4v) is 12.6. The summed E-state index contributed by atoms with van der Waals surface area (Å²) < 4.78 is 1.32. The van der Waals surface area contributed by atoms with Gasteiger partial charge in [-0.3, -0.25) is 0 Å². The summed E-state index contributed by atoms with van der Waals surface area (Å²) in [4.78, 5) is 0. The van der Waals surface area contributed by atoms with Crippen molar-refractivity contribution in [3.05, 3.63) is 35.4 Å². The lowest BCUT2D eigenvalue weighted by atomic mass is 10.1. The summed E-state index contributed by atoms with van der Waals surface area (Å²) in [6.45, 7) is 19.5. The van der Waals surface area contributed by atoms with E-state index in [1.165, 1.54) is 191 Å². The van der Waals surface area contributed by atoms with Gasteiger partial charge in [0.15, 0.2) is 0 Å². The molecule has 0 aliphatic heterocycles. The van der Waals surface area contributed by atoms with Crippen LogP contribution in [0.3, 0.4) is 0 Å². The zero-order chi connectivity index (χ0) is 33.6. The van der Waals surface area contributed by atoms with E-state index < -0.39 is 7.26 Å². The van der Waals surface area contributed by atoms with Crippen molar-refractivity contribution in [1.29, 1.82) is 0 Å². The predicted molar refractivity (Wildman–Crippen MR) is 215 cm³/mol. The van der Waals surface area contributed by atoms with Crippen LogP contribution in [0.1, 0.15) is 207 Å². The van der Waals surface area contributed by atoms with Crippen molar-refractivity contribution in [2.75, 3.05) is 38.1 Å². The Bertz CT molecular complexity index is 708. The Kier molecular flexibility index (Phi) is 28.0. The lowest BCUT2D eigenvalue weighted by molar-refractivity contribution is -0.941. The molecule has 46 heavy (non-hydrogen) atoms. The fourth-order valence-electron chi connectivity index (χ4n) is 7.83. The maximum atomic E-state index is 2.60. The molecule has 0 saturated heterocycles. The average molecular weight is 660 g/mol. The van der Waals surface area contributed by atoms with E-state index in [0.717, 1.165) is 0 Å². The van der Waals surface area contributed by atoms with Crippen LogP contribution in [-0.2, 0) is 12.7 Å². The molecular weight excluding hydrogens is 573 g/mol. The van der Waals surface area contributed by atoms with Crippen LogP contribution < -0.4 is 0 Å². The molecule has 2 heteroatoms. The Labute approximate surface area is 292 Å². The second-order valence-corrected chi connectivity index (χ2v) is 19.9. The third kappa shape index (κ3) is 20.9. The van der Waals surface area contributed by atoms with Crippen molar-refractivity contribution in [1.82, 2.24) is 0 Å². The van der Waals surface area contributed by atoms with Crippen LogP contribution >= 0.6 is 7.26 Å². The molecule has 0 unspecified atom stereocenters. The van der Waals surface area contributed by atoms with Crippen molar-refractivity contribution < 1.29 is 4.48 Å². The Morgan fingerprint density at radius 2 is 0.674 bits per heavy atom. The van der Waals surface area contributed by atoms with Gasteiger partial charge in [0.2, 0.25) is 0 Å². The molecule has 1 aromatic rings. The third-order valence-corrected chi connectivity index (χ3v) is 15.8. The van der Waals surface area contributed by atoms with Gasteiger partial charge >= 0.3 is 0 Å². The highest BCUT2D eigenvalue weighted by molar-refractivity contribution is 7.75. The summed E-state index contributed by atoms with van der Waals surface area (Å²) >= 11 is 0. The van der Waals surface area contributed by atoms with Crippen molar-refractivity contribution in [2.45, 2.75) is 208 Å².